The van der Waals surface area contributed by atoms with Crippen molar-refractivity contribution in [2.24, 2.45) is 11.3 Å². The molecule has 1 atom stereocenters. The number of rotatable bonds is 5. The van der Waals surface area contributed by atoms with Gasteiger partial charge in [0.15, 0.2) is 29.1 Å². The Bertz CT molecular complexity index is 695. The van der Waals surface area contributed by atoms with Gasteiger partial charge in [-0.3, -0.25) is 9.59 Å². The van der Waals surface area contributed by atoms with E-state index in [1.54, 1.807) is 6.07 Å². The zero-order valence-electron chi connectivity index (χ0n) is 12.5. The second kappa shape index (κ2) is 6.77. The molecule has 0 amide bonds. The summed E-state index contributed by atoms with van der Waals surface area (Å²) in [6.07, 6.45) is 0. The van der Waals surface area contributed by atoms with Crippen molar-refractivity contribution in [2.45, 2.75) is 20.8 Å². The van der Waals surface area contributed by atoms with Gasteiger partial charge in [-0.2, -0.15) is 5.26 Å². The average Bonchev–Trinajstić information content (AvgIpc) is 2.48. The fraction of sp³-hybridized carbons (Fsp3) is 0.400. The lowest BCUT2D eigenvalue weighted by Crippen LogP contribution is -2.38. The number of ketones is 1. The van der Waals surface area contributed by atoms with Crippen molar-refractivity contribution in [3.63, 3.8) is 0 Å². The summed E-state index contributed by atoms with van der Waals surface area (Å²) in [4.78, 5) is 24.3. The highest BCUT2D eigenvalue weighted by Crippen LogP contribution is 2.32. The standard InChI is InChI=1S/C15H13F4NO3/c1-4-23-14(22)9(15(2,3)6-20)13(21)7-5-8(16)11(18)12(19)10(7)17/h5,9H,4H2,1-3H3. The topological polar surface area (TPSA) is 67.2 Å². The molecule has 4 nitrogen and oxygen atoms in total. The summed E-state index contributed by atoms with van der Waals surface area (Å²) < 4.78 is 57.9. The van der Waals surface area contributed by atoms with Gasteiger partial charge in [-0.25, -0.2) is 17.6 Å². The van der Waals surface area contributed by atoms with E-state index in [-0.39, 0.29) is 12.7 Å². The highest BCUT2D eigenvalue weighted by atomic mass is 19.2. The molecular formula is C15H13F4NO3. The van der Waals surface area contributed by atoms with Crippen molar-refractivity contribution in [3.05, 3.63) is 34.9 Å². The van der Waals surface area contributed by atoms with Gasteiger partial charge < -0.3 is 4.74 Å². The molecule has 0 fully saturated rings. The molecule has 23 heavy (non-hydrogen) atoms. The van der Waals surface area contributed by atoms with Crippen molar-refractivity contribution in [3.8, 4) is 6.07 Å². The SMILES string of the molecule is CCOC(=O)C(C(=O)c1cc(F)c(F)c(F)c1F)C(C)(C)C#N. The van der Waals surface area contributed by atoms with Crippen molar-refractivity contribution in [2.75, 3.05) is 6.61 Å². The Labute approximate surface area is 129 Å². The van der Waals surface area contributed by atoms with Crippen LogP contribution in [-0.4, -0.2) is 18.4 Å². The van der Waals surface area contributed by atoms with Gasteiger partial charge in [-0.1, -0.05) is 0 Å². The van der Waals surface area contributed by atoms with Gasteiger partial charge in [0.25, 0.3) is 0 Å². The van der Waals surface area contributed by atoms with E-state index in [0.717, 1.165) is 0 Å². The van der Waals surface area contributed by atoms with Crippen LogP contribution >= 0.6 is 0 Å². The molecule has 1 aromatic carbocycles. The van der Waals surface area contributed by atoms with E-state index < -0.39 is 51.9 Å². The lowest BCUT2D eigenvalue weighted by molar-refractivity contribution is -0.148. The number of nitrogens with zero attached hydrogens (tertiary/aromatic N) is 1. The molecule has 0 aromatic heterocycles. The molecule has 1 aromatic rings. The fourth-order valence-electron chi connectivity index (χ4n) is 1.93. The van der Waals surface area contributed by atoms with Crippen molar-refractivity contribution in [1.82, 2.24) is 0 Å². The number of carbonyl (C=O) groups excluding carboxylic acids is 2. The molecule has 0 saturated heterocycles. The first-order valence-corrected chi connectivity index (χ1v) is 6.53. The number of esters is 1. The molecule has 0 aliphatic rings. The first-order valence-electron chi connectivity index (χ1n) is 6.53. The Morgan fingerprint density at radius 1 is 1.22 bits per heavy atom. The molecule has 1 unspecified atom stereocenters. The minimum absolute atomic E-state index is 0.126. The van der Waals surface area contributed by atoms with Crippen LogP contribution in [-0.2, 0) is 9.53 Å². The Morgan fingerprint density at radius 2 is 1.78 bits per heavy atom. The lowest BCUT2D eigenvalue weighted by atomic mass is 9.76. The Balaban J connectivity index is 3.49. The first kappa shape index (κ1) is 18.6. The molecule has 8 heteroatoms. The number of hydrogen-bond donors (Lipinski definition) is 0. The summed E-state index contributed by atoms with van der Waals surface area (Å²) >= 11 is 0. The maximum atomic E-state index is 13.8. The summed E-state index contributed by atoms with van der Waals surface area (Å²) in [6.45, 7) is 3.73. The van der Waals surface area contributed by atoms with E-state index in [1.165, 1.54) is 20.8 Å². The highest BCUT2D eigenvalue weighted by Gasteiger charge is 2.44. The number of Topliss-reactive ketones (excluding diaryl/α,β-unsaturated/α-hetero) is 1. The van der Waals surface area contributed by atoms with Gasteiger partial charge in [-0.05, 0) is 26.8 Å². The summed E-state index contributed by atoms with van der Waals surface area (Å²) in [6, 6.07) is 1.83. The molecular weight excluding hydrogens is 318 g/mol. The van der Waals surface area contributed by atoms with Gasteiger partial charge >= 0.3 is 5.97 Å². The van der Waals surface area contributed by atoms with Crippen LogP contribution in [0.15, 0.2) is 6.07 Å². The van der Waals surface area contributed by atoms with Crippen LogP contribution in [0.1, 0.15) is 31.1 Å². The van der Waals surface area contributed by atoms with Gasteiger partial charge in [0, 0.05) is 0 Å². The van der Waals surface area contributed by atoms with Gasteiger partial charge in [0.2, 0.25) is 0 Å². The zero-order valence-corrected chi connectivity index (χ0v) is 12.5. The third kappa shape index (κ3) is 3.50. The van der Waals surface area contributed by atoms with E-state index in [0.29, 0.717) is 0 Å². The maximum Gasteiger partial charge on any atom is 0.318 e. The minimum atomic E-state index is -2.18. The van der Waals surface area contributed by atoms with Crippen LogP contribution in [0.4, 0.5) is 17.6 Å². The van der Waals surface area contributed by atoms with E-state index in [1.807, 2.05) is 0 Å². The second-order valence-electron chi connectivity index (χ2n) is 5.23. The Morgan fingerprint density at radius 3 is 2.26 bits per heavy atom. The molecule has 0 saturated carbocycles. The first-order chi connectivity index (χ1) is 10.6. The summed E-state index contributed by atoms with van der Waals surface area (Å²) in [5, 5.41) is 9.09. The number of halogens is 4. The van der Waals surface area contributed by atoms with Crippen LogP contribution in [0.2, 0.25) is 0 Å². The molecule has 0 bridgehead atoms. The molecule has 0 aliphatic carbocycles. The highest BCUT2D eigenvalue weighted by molar-refractivity contribution is 6.09. The average molecular weight is 331 g/mol. The van der Waals surface area contributed by atoms with Gasteiger partial charge in [0.05, 0.1) is 23.7 Å². The number of ether oxygens (including phenoxy) is 1. The van der Waals surface area contributed by atoms with Crippen LogP contribution in [0, 0.1) is 45.9 Å². The third-order valence-corrected chi connectivity index (χ3v) is 3.16. The number of hydrogen-bond acceptors (Lipinski definition) is 4. The minimum Gasteiger partial charge on any atom is -0.465 e. The molecule has 0 heterocycles. The molecule has 124 valence electrons. The summed E-state index contributed by atoms with van der Waals surface area (Å²) in [7, 11) is 0. The predicted octanol–water partition coefficient (Wildman–Crippen LogP) is 3.15. The zero-order chi connectivity index (χ0) is 17.9. The van der Waals surface area contributed by atoms with Crippen LogP contribution in [0.5, 0.6) is 0 Å². The van der Waals surface area contributed by atoms with E-state index >= 15 is 0 Å². The lowest BCUT2D eigenvalue weighted by Gasteiger charge is -2.25. The van der Waals surface area contributed by atoms with E-state index in [9.17, 15) is 27.2 Å². The Hall–Kier alpha value is -2.43. The van der Waals surface area contributed by atoms with E-state index in [2.05, 4.69) is 4.74 Å². The van der Waals surface area contributed by atoms with Gasteiger partial charge in [-0.15, -0.1) is 0 Å². The fourth-order valence-corrected chi connectivity index (χ4v) is 1.93. The van der Waals surface area contributed by atoms with Crippen molar-refractivity contribution >= 4 is 11.8 Å². The number of nitriles is 1. The summed E-state index contributed by atoms with van der Waals surface area (Å²) in [5.41, 5.74) is -2.81. The largest absolute Gasteiger partial charge is 0.465 e. The number of carbonyl (C=O) groups is 2. The van der Waals surface area contributed by atoms with Crippen LogP contribution in [0.25, 0.3) is 0 Å². The maximum absolute atomic E-state index is 13.8. The molecule has 0 aliphatic heterocycles. The Kier molecular flexibility index (Phi) is 5.48. The van der Waals surface area contributed by atoms with Crippen molar-refractivity contribution in [1.29, 1.82) is 5.26 Å². The predicted molar refractivity (Wildman–Crippen MR) is 70.1 cm³/mol. The smallest absolute Gasteiger partial charge is 0.318 e. The van der Waals surface area contributed by atoms with Gasteiger partial charge in [0.1, 0.15) is 5.92 Å². The van der Waals surface area contributed by atoms with Crippen molar-refractivity contribution < 1.29 is 31.9 Å². The second-order valence-corrected chi connectivity index (χ2v) is 5.23. The number of benzene rings is 1. The van der Waals surface area contributed by atoms with E-state index in [4.69, 9.17) is 5.26 Å². The summed E-state index contributed by atoms with van der Waals surface area (Å²) in [5.74, 6) is -12.3. The monoisotopic (exact) mass is 331 g/mol. The van der Waals surface area contributed by atoms with Crippen LogP contribution in [0.3, 0.4) is 0 Å². The third-order valence-electron chi connectivity index (χ3n) is 3.16. The molecule has 0 spiro atoms. The molecule has 0 N–H and O–H groups in total. The molecule has 1 rings (SSSR count). The van der Waals surface area contributed by atoms with Crippen LogP contribution < -0.4 is 0 Å². The molecule has 0 radical (unpaired) electrons. The normalized spacial score (nSPS) is 12.4. The quantitative estimate of drug-likeness (QED) is 0.208.